The number of urea groups is 1. The number of amides is 4. The van der Waals surface area contributed by atoms with Crippen LogP contribution in [0.4, 0.5) is 16.2 Å². The molecule has 160 valence electrons. The number of carbonyl (C=O) groups is 3. The van der Waals surface area contributed by atoms with Gasteiger partial charge in [0, 0.05) is 30.4 Å². The van der Waals surface area contributed by atoms with Gasteiger partial charge in [-0.2, -0.15) is 0 Å². The van der Waals surface area contributed by atoms with Crippen LogP contribution in [0.2, 0.25) is 0 Å². The van der Waals surface area contributed by atoms with Crippen molar-refractivity contribution in [2.45, 2.75) is 6.92 Å². The molecule has 4 rings (SSSR count). The number of nitrogens with one attached hydrogen (secondary N) is 1. The summed E-state index contributed by atoms with van der Waals surface area (Å²) in [4.78, 5) is 41.0. The Kier molecular flexibility index (Phi) is 5.73. The summed E-state index contributed by atoms with van der Waals surface area (Å²) in [6.07, 6.45) is 1.45. The average Bonchev–Trinajstić information content (AvgIpc) is 2.78. The van der Waals surface area contributed by atoms with Crippen molar-refractivity contribution >= 4 is 35.3 Å². The highest BCUT2D eigenvalue weighted by Crippen LogP contribution is 2.29. The van der Waals surface area contributed by atoms with Crippen LogP contribution in [0.15, 0.2) is 48.0 Å². The first-order chi connectivity index (χ1) is 15.0. The number of hydrogen-bond acceptors (Lipinski definition) is 6. The summed E-state index contributed by atoms with van der Waals surface area (Å²) < 4.78 is 10.9. The smallest absolute Gasteiger partial charge is 0.335 e. The number of imide groups is 2. The van der Waals surface area contributed by atoms with E-state index in [2.05, 4.69) is 10.2 Å². The Labute approximate surface area is 180 Å². The number of barbiturate groups is 1. The van der Waals surface area contributed by atoms with Crippen molar-refractivity contribution in [3.05, 3.63) is 59.2 Å². The topological polar surface area (TPSA) is 88.2 Å². The van der Waals surface area contributed by atoms with Gasteiger partial charge in [0.05, 0.1) is 26.0 Å². The Bertz CT molecular complexity index is 1060. The molecule has 2 fully saturated rings. The zero-order valence-corrected chi connectivity index (χ0v) is 17.4. The van der Waals surface area contributed by atoms with Gasteiger partial charge in [-0.05, 0) is 37.3 Å². The number of morpholine rings is 1. The third kappa shape index (κ3) is 4.15. The van der Waals surface area contributed by atoms with E-state index in [1.165, 1.54) is 13.2 Å². The van der Waals surface area contributed by atoms with E-state index >= 15 is 0 Å². The maximum atomic E-state index is 13.1. The first-order valence-electron chi connectivity index (χ1n) is 9.97. The van der Waals surface area contributed by atoms with Gasteiger partial charge < -0.3 is 14.4 Å². The number of hydrogen-bond donors (Lipinski definition) is 1. The summed E-state index contributed by atoms with van der Waals surface area (Å²) in [5, 5.41) is 2.24. The van der Waals surface area contributed by atoms with Crippen LogP contribution in [0.5, 0.6) is 5.75 Å². The maximum Gasteiger partial charge on any atom is 0.335 e. The van der Waals surface area contributed by atoms with E-state index in [0.717, 1.165) is 29.2 Å². The quantitative estimate of drug-likeness (QED) is 0.603. The zero-order valence-electron chi connectivity index (χ0n) is 17.4. The van der Waals surface area contributed by atoms with Crippen LogP contribution in [0.3, 0.4) is 0 Å². The molecule has 0 bridgehead atoms. The van der Waals surface area contributed by atoms with Gasteiger partial charge in [-0.25, -0.2) is 9.69 Å². The predicted octanol–water partition coefficient (Wildman–Crippen LogP) is 2.51. The number of aryl methyl sites for hydroxylation is 1. The monoisotopic (exact) mass is 421 g/mol. The van der Waals surface area contributed by atoms with Crippen LogP contribution in [0.25, 0.3) is 6.08 Å². The van der Waals surface area contributed by atoms with E-state index in [4.69, 9.17) is 9.47 Å². The summed E-state index contributed by atoms with van der Waals surface area (Å²) in [7, 11) is 1.53. The largest absolute Gasteiger partial charge is 0.496 e. The van der Waals surface area contributed by atoms with Gasteiger partial charge in [-0.15, -0.1) is 0 Å². The summed E-state index contributed by atoms with van der Waals surface area (Å²) >= 11 is 0. The van der Waals surface area contributed by atoms with Crippen molar-refractivity contribution < 1.29 is 23.9 Å². The van der Waals surface area contributed by atoms with E-state index in [0.29, 0.717) is 30.2 Å². The number of anilines is 2. The summed E-state index contributed by atoms with van der Waals surface area (Å²) in [5.74, 6) is -0.898. The lowest BCUT2D eigenvalue weighted by molar-refractivity contribution is -0.122. The van der Waals surface area contributed by atoms with Gasteiger partial charge in [-0.1, -0.05) is 17.7 Å². The molecule has 0 aromatic heterocycles. The minimum absolute atomic E-state index is 0.141. The number of nitrogens with zero attached hydrogens (tertiary/aromatic N) is 2. The Morgan fingerprint density at radius 2 is 1.68 bits per heavy atom. The van der Waals surface area contributed by atoms with E-state index < -0.39 is 17.8 Å². The van der Waals surface area contributed by atoms with Crippen LogP contribution >= 0.6 is 0 Å². The first kappa shape index (κ1) is 20.6. The molecule has 2 aliphatic heterocycles. The summed E-state index contributed by atoms with van der Waals surface area (Å²) in [6, 6.07) is 11.7. The van der Waals surface area contributed by atoms with Gasteiger partial charge in [0.15, 0.2) is 0 Å². The Morgan fingerprint density at radius 1 is 1.00 bits per heavy atom. The van der Waals surface area contributed by atoms with Crippen molar-refractivity contribution in [2.75, 3.05) is 43.2 Å². The molecule has 0 radical (unpaired) electrons. The lowest BCUT2D eigenvalue weighted by atomic mass is 10.0. The Morgan fingerprint density at radius 3 is 2.35 bits per heavy atom. The second kappa shape index (κ2) is 8.61. The SMILES string of the molecule is COc1cc(N2CCOCC2)ccc1/C=C1\C(=O)NC(=O)N(c2ccc(C)cc2)C1=O. The van der Waals surface area contributed by atoms with Gasteiger partial charge >= 0.3 is 6.03 Å². The maximum absolute atomic E-state index is 13.1. The third-order valence-corrected chi connectivity index (χ3v) is 5.29. The average molecular weight is 421 g/mol. The number of rotatable bonds is 4. The number of methoxy groups -OCH3 is 1. The molecule has 2 aliphatic rings. The molecule has 2 aromatic rings. The van der Waals surface area contributed by atoms with E-state index in [-0.39, 0.29) is 5.57 Å². The molecule has 0 atom stereocenters. The predicted molar refractivity (Wildman–Crippen MR) is 116 cm³/mol. The summed E-state index contributed by atoms with van der Waals surface area (Å²) in [5.41, 5.74) is 2.78. The van der Waals surface area contributed by atoms with E-state index in [1.54, 1.807) is 30.3 Å². The minimum atomic E-state index is -0.773. The standard InChI is InChI=1S/C23H23N3O5/c1-15-3-6-17(7-4-15)26-22(28)19(21(27)24-23(26)29)13-16-5-8-18(14-20(16)30-2)25-9-11-31-12-10-25/h3-8,13-14H,9-12H2,1-2H3,(H,24,27,29)/b19-13+. The number of benzene rings is 2. The van der Waals surface area contributed by atoms with Crippen molar-refractivity contribution in [3.8, 4) is 5.75 Å². The van der Waals surface area contributed by atoms with Gasteiger partial charge in [0.1, 0.15) is 11.3 Å². The second-order valence-electron chi connectivity index (χ2n) is 7.32. The summed E-state index contributed by atoms with van der Waals surface area (Å²) in [6.45, 7) is 4.77. The second-order valence-corrected chi connectivity index (χ2v) is 7.32. The highest BCUT2D eigenvalue weighted by molar-refractivity contribution is 6.39. The third-order valence-electron chi connectivity index (χ3n) is 5.29. The van der Waals surface area contributed by atoms with Gasteiger partial charge in [-0.3, -0.25) is 14.9 Å². The van der Waals surface area contributed by atoms with Crippen molar-refractivity contribution in [1.29, 1.82) is 0 Å². The lowest BCUT2D eigenvalue weighted by Gasteiger charge is -2.29. The van der Waals surface area contributed by atoms with E-state index in [9.17, 15) is 14.4 Å². The molecule has 0 aliphatic carbocycles. The fourth-order valence-corrected chi connectivity index (χ4v) is 3.58. The van der Waals surface area contributed by atoms with Crippen molar-refractivity contribution in [2.24, 2.45) is 0 Å². The minimum Gasteiger partial charge on any atom is -0.496 e. The van der Waals surface area contributed by atoms with Crippen LogP contribution in [-0.4, -0.2) is 51.3 Å². The molecular formula is C23H23N3O5. The molecular weight excluding hydrogens is 398 g/mol. The molecule has 8 heteroatoms. The normalized spacial score (nSPS) is 18.4. The fraction of sp³-hybridized carbons (Fsp3) is 0.261. The molecule has 0 unspecified atom stereocenters. The van der Waals surface area contributed by atoms with Gasteiger partial charge in [0.25, 0.3) is 11.8 Å². The Hall–Kier alpha value is -3.65. The number of ether oxygens (including phenoxy) is 2. The van der Waals surface area contributed by atoms with E-state index in [1.807, 2.05) is 19.1 Å². The highest BCUT2D eigenvalue weighted by Gasteiger charge is 2.37. The van der Waals surface area contributed by atoms with Crippen LogP contribution in [-0.2, 0) is 14.3 Å². The van der Waals surface area contributed by atoms with Crippen molar-refractivity contribution in [1.82, 2.24) is 5.32 Å². The van der Waals surface area contributed by atoms with Crippen LogP contribution in [0.1, 0.15) is 11.1 Å². The van der Waals surface area contributed by atoms with Gasteiger partial charge in [0.2, 0.25) is 0 Å². The number of carbonyl (C=O) groups excluding carboxylic acids is 3. The van der Waals surface area contributed by atoms with Crippen molar-refractivity contribution in [3.63, 3.8) is 0 Å². The molecule has 4 amide bonds. The molecule has 1 N–H and O–H groups in total. The molecule has 31 heavy (non-hydrogen) atoms. The van der Waals surface area contributed by atoms with Crippen LogP contribution in [0, 0.1) is 6.92 Å². The highest BCUT2D eigenvalue weighted by atomic mass is 16.5. The molecule has 0 saturated carbocycles. The zero-order chi connectivity index (χ0) is 22.0. The molecule has 2 heterocycles. The van der Waals surface area contributed by atoms with Crippen LogP contribution < -0.4 is 19.9 Å². The Balaban J connectivity index is 1.67. The molecule has 2 aromatic carbocycles. The fourth-order valence-electron chi connectivity index (χ4n) is 3.58. The molecule has 8 nitrogen and oxygen atoms in total. The lowest BCUT2D eigenvalue weighted by Crippen LogP contribution is -2.54. The first-order valence-corrected chi connectivity index (χ1v) is 9.97. The molecule has 2 saturated heterocycles. The molecule has 0 spiro atoms.